The number of rotatable bonds is 9. The molecule has 39 heavy (non-hydrogen) atoms. The maximum Gasteiger partial charge on any atom is 0.264 e. The van der Waals surface area contributed by atoms with Crippen LogP contribution in [0.25, 0.3) is 0 Å². The minimum Gasteiger partial charge on any atom is -0.350 e. The lowest BCUT2D eigenvalue weighted by molar-refractivity contribution is -0.140. The van der Waals surface area contributed by atoms with Crippen molar-refractivity contribution in [1.82, 2.24) is 10.2 Å². The van der Waals surface area contributed by atoms with Gasteiger partial charge in [-0.1, -0.05) is 54.1 Å². The van der Waals surface area contributed by atoms with Crippen LogP contribution in [0.3, 0.4) is 0 Å². The first-order valence-corrected chi connectivity index (χ1v) is 14.4. The lowest BCUT2D eigenvalue weighted by Crippen LogP contribution is -2.54. The first-order valence-electron chi connectivity index (χ1n) is 13.0. The van der Waals surface area contributed by atoms with Gasteiger partial charge in [-0.25, -0.2) is 8.42 Å². The second-order valence-corrected chi connectivity index (χ2v) is 12.9. The molecule has 7 nitrogen and oxygen atoms in total. The van der Waals surface area contributed by atoms with Crippen LogP contribution in [0.1, 0.15) is 49.9 Å². The van der Waals surface area contributed by atoms with Gasteiger partial charge >= 0.3 is 0 Å². The summed E-state index contributed by atoms with van der Waals surface area (Å²) < 4.78 is 28.8. The number of carbonyl (C=O) groups excluding carboxylic acids is 2. The van der Waals surface area contributed by atoms with Crippen molar-refractivity contribution in [3.63, 3.8) is 0 Å². The molecule has 3 rings (SSSR count). The molecule has 0 aliphatic rings. The second-order valence-electron chi connectivity index (χ2n) is 11.0. The summed E-state index contributed by atoms with van der Waals surface area (Å²) in [4.78, 5) is 28.7. The van der Waals surface area contributed by atoms with Crippen molar-refractivity contribution in [2.45, 2.75) is 71.5 Å². The summed E-state index contributed by atoms with van der Waals surface area (Å²) in [6, 6.07) is 20.2. The third kappa shape index (κ3) is 7.69. The van der Waals surface area contributed by atoms with Gasteiger partial charge in [0, 0.05) is 12.1 Å². The second kappa shape index (κ2) is 12.0. The first-order chi connectivity index (χ1) is 18.2. The zero-order chi connectivity index (χ0) is 29.0. The molecule has 0 saturated heterocycles. The Balaban J connectivity index is 2.05. The summed E-state index contributed by atoms with van der Waals surface area (Å²) >= 11 is 0. The van der Waals surface area contributed by atoms with Crippen molar-refractivity contribution < 1.29 is 18.0 Å². The van der Waals surface area contributed by atoms with Crippen LogP contribution in [0, 0.1) is 20.8 Å². The van der Waals surface area contributed by atoms with Crippen molar-refractivity contribution in [2.75, 3.05) is 10.8 Å². The minimum absolute atomic E-state index is 0.0831. The Bertz CT molecular complexity index is 1430. The lowest BCUT2D eigenvalue weighted by atomic mass is 10.1. The molecular formula is C31H39N3O4S. The maximum atomic E-state index is 14.0. The van der Waals surface area contributed by atoms with Gasteiger partial charge < -0.3 is 10.2 Å². The zero-order valence-electron chi connectivity index (χ0n) is 23.9. The van der Waals surface area contributed by atoms with Crippen LogP contribution in [0.15, 0.2) is 77.7 Å². The van der Waals surface area contributed by atoms with Crippen LogP contribution in [0.2, 0.25) is 0 Å². The molecule has 1 atom stereocenters. The Kier molecular flexibility index (Phi) is 9.22. The highest BCUT2D eigenvalue weighted by molar-refractivity contribution is 7.92. The molecule has 0 saturated carbocycles. The summed E-state index contributed by atoms with van der Waals surface area (Å²) in [6.07, 6.45) is 0. The number of anilines is 1. The number of amides is 2. The molecule has 0 spiro atoms. The molecule has 0 radical (unpaired) electrons. The maximum absolute atomic E-state index is 14.0. The highest BCUT2D eigenvalue weighted by atomic mass is 32.2. The number of carbonyl (C=O) groups is 2. The summed E-state index contributed by atoms with van der Waals surface area (Å²) in [5.41, 5.74) is 3.68. The fourth-order valence-electron chi connectivity index (χ4n) is 4.19. The van der Waals surface area contributed by atoms with E-state index in [1.165, 1.54) is 17.0 Å². The van der Waals surface area contributed by atoms with E-state index in [2.05, 4.69) is 5.32 Å². The summed E-state index contributed by atoms with van der Waals surface area (Å²) in [5, 5.41) is 2.94. The molecule has 2 amide bonds. The van der Waals surface area contributed by atoms with E-state index in [1.807, 2.05) is 71.9 Å². The number of sulfonamides is 1. The van der Waals surface area contributed by atoms with Crippen LogP contribution in [-0.2, 0) is 26.2 Å². The highest BCUT2D eigenvalue weighted by Gasteiger charge is 2.33. The monoisotopic (exact) mass is 549 g/mol. The third-order valence-electron chi connectivity index (χ3n) is 6.49. The van der Waals surface area contributed by atoms with Gasteiger partial charge in [0.15, 0.2) is 0 Å². The molecular weight excluding hydrogens is 510 g/mol. The topological polar surface area (TPSA) is 86.8 Å². The normalized spacial score (nSPS) is 12.5. The average molecular weight is 550 g/mol. The van der Waals surface area contributed by atoms with Crippen LogP contribution >= 0.6 is 0 Å². The quantitative estimate of drug-likeness (QED) is 0.401. The first kappa shape index (κ1) is 29.9. The van der Waals surface area contributed by atoms with Crippen molar-refractivity contribution >= 4 is 27.5 Å². The summed E-state index contributed by atoms with van der Waals surface area (Å²) in [6.45, 7) is 12.8. The Morgan fingerprint density at radius 2 is 1.54 bits per heavy atom. The van der Waals surface area contributed by atoms with Crippen LogP contribution in [0.4, 0.5) is 5.69 Å². The zero-order valence-corrected chi connectivity index (χ0v) is 24.7. The molecule has 3 aromatic carbocycles. The fourth-order valence-corrected chi connectivity index (χ4v) is 5.62. The van der Waals surface area contributed by atoms with E-state index < -0.39 is 34.1 Å². The number of nitrogens with zero attached hydrogens (tertiary/aromatic N) is 2. The van der Waals surface area contributed by atoms with Gasteiger partial charge in [0.05, 0.1) is 10.6 Å². The highest BCUT2D eigenvalue weighted by Crippen LogP contribution is 2.26. The number of aryl methyl sites for hydroxylation is 3. The van der Waals surface area contributed by atoms with Crippen molar-refractivity contribution in [3.05, 3.63) is 95.1 Å². The largest absolute Gasteiger partial charge is 0.350 e. The number of benzene rings is 3. The van der Waals surface area contributed by atoms with Gasteiger partial charge in [-0.2, -0.15) is 0 Å². The predicted octanol–water partition coefficient (Wildman–Crippen LogP) is 5.14. The molecule has 0 bridgehead atoms. The molecule has 0 aliphatic carbocycles. The van der Waals surface area contributed by atoms with Gasteiger partial charge in [-0.15, -0.1) is 0 Å². The molecule has 3 aromatic rings. The Morgan fingerprint density at radius 1 is 0.872 bits per heavy atom. The van der Waals surface area contributed by atoms with Gasteiger partial charge in [-0.05, 0) is 89.4 Å². The number of nitrogens with one attached hydrogen (secondary N) is 1. The molecule has 0 unspecified atom stereocenters. The van der Waals surface area contributed by atoms with E-state index in [1.54, 1.807) is 37.3 Å². The minimum atomic E-state index is -4.08. The Labute approximate surface area is 232 Å². The SMILES string of the molecule is Cc1cccc(CN(C(=O)CN(c2ccc(C)c(C)c2)S(=O)(=O)c2ccccc2)[C@@H](C)C(=O)NC(C)(C)C)c1. The van der Waals surface area contributed by atoms with Gasteiger partial charge in [0.1, 0.15) is 12.6 Å². The molecule has 0 aromatic heterocycles. The van der Waals surface area contributed by atoms with E-state index in [-0.39, 0.29) is 17.3 Å². The lowest BCUT2D eigenvalue weighted by Gasteiger charge is -2.33. The smallest absolute Gasteiger partial charge is 0.264 e. The van der Waals surface area contributed by atoms with Gasteiger partial charge in [-0.3, -0.25) is 13.9 Å². The third-order valence-corrected chi connectivity index (χ3v) is 8.28. The molecule has 0 heterocycles. The van der Waals surface area contributed by atoms with Crippen molar-refractivity contribution in [3.8, 4) is 0 Å². The van der Waals surface area contributed by atoms with E-state index in [9.17, 15) is 18.0 Å². The van der Waals surface area contributed by atoms with Crippen LogP contribution in [0.5, 0.6) is 0 Å². The molecule has 0 fully saturated rings. The summed E-state index contributed by atoms with van der Waals surface area (Å²) in [7, 11) is -4.08. The van der Waals surface area contributed by atoms with E-state index in [0.29, 0.717) is 5.69 Å². The molecule has 0 aliphatic heterocycles. The predicted molar refractivity (Wildman–Crippen MR) is 156 cm³/mol. The van der Waals surface area contributed by atoms with Crippen LogP contribution < -0.4 is 9.62 Å². The molecule has 208 valence electrons. The van der Waals surface area contributed by atoms with Crippen molar-refractivity contribution in [1.29, 1.82) is 0 Å². The molecule has 8 heteroatoms. The Morgan fingerprint density at radius 3 is 2.13 bits per heavy atom. The summed E-state index contributed by atoms with van der Waals surface area (Å²) in [5.74, 6) is -0.794. The van der Waals surface area contributed by atoms with E-state index in [0.717, 1.165) is 26.6 Å². The number of hydrogen-bond acceptors (Lipinski definition) is 4. The van der Waals surface area contributed by atoms with Crippen molar-refractivity contribution in [2.24, 2.45) is 0 Å². The van der Waals surface area contributed by atoms with E-state index in [4.69, 9.17) is 0 Å². The Hall–Kier alpha value is -3.65. The average Bonchev–Trinajstić information content (AvgIpc) is 2.86. The number of hydrogen-bond donors (Lipinski definition) is 1. The standard InChI is InChI=1S/C31H39N3O4S/c1-22-12-11-13-26(18-22)20-33(25(4)30(36)32-31(5,6)7)29(35)21-34(27-17-16-23(2)24(3)19-27)39(37,38)28-14-9-8-10-15-28/h8-19,25H,20-21H2,1-7H3,(H,32,36)/t25-/m0/s1. The van der Waals surface area contributed by atoms with Gasteiger partial charge in [0.2, 0.25) is 11.8 Å². The fraction of sp³-hybridized carbons (Fsp3) is 0.355. The van der Waals surface area contributed by atoms with Gasteiger partial charge in [0.25, 0.3) is 10.0 Å². The van der Waals surface area contributed by atoms with E-state index >= 15 is 0 Å². The molecule has 1 N–H and O–H groups in total. The van der Waals surface area contributed by atoms with Crippen LogP contribution in [-0.4, -0.2) is 43.3 Å².